The van der Waals surface area contributed by atoms with E-state index in [0.717, 1.165) is 61.5 Å². The number of nitrogens with zero attached hydrogens (tertiary/aromatic N) is 4. The topological polar surface area (TPSA) is 63.8 Å². The van der Waals surface area contributed by atoms with Crippen molar-refractivity contribution in [3.05, 3.63) is 163 Å². The van der Waals surface area contributed by atoms with Crippen molar-refractivity contribution in [3.63, 3.8) is 0 Å². The van der Waals surface area contributed by atoms with E-state index in [9.17, 15) is 5.11 Å². The Morgan fingerprint density at radius 3 is 1.80 bits per heavy atom. The molecular formula is C49H44N4O. The average Bonchev–Trinajstić information content (AvgIpc) is 3.57. The number of hydrogen-bond donors (Lipinski definition) is 1. The number of hydrogen-bond acceptors (Lipinski definition) is 4. The zero-order chi connectivity index (χ0) is 37.6. The Morgan fingerprint density at radius 2 is 1.11 bits per heavy atom. The summed E-state index contributed by atoms with van der Waals surface area (Å²) in [5, 5.41) is 12.0. The Morgan fingerprint density at radius 1 is 0.500 bits per heavy atom. The van der Waals surface area contributed by atoms with Crippen LogP contribution in [0, 0.1) is 0 Å². The molecule has 8 aromatic rings. The third kappa shape index (κ3) is 6.58. The van der Waals surface area contributed by atoms with Crippen molar-refractivity contribution >= 4 is 11.2 Å². The Hall–Kier alpha value is -6.33. The van der Waals surface area contributed by atoms with Crippen LogP contribution in [-0.4, -0.2) is 24.6 Å². The van der Waals surface area contributed by atoms with Crippen LogP contribution >= 0.6 is 0 Å². The molecule has 0 aliphatic rings. The van der Waals surface area contributed by atoms with Gasteiger partial charge in [0.25, 0.3) is 0 Å². The molecule has 0 aliphatic heterocycles. The van der Waals surface area contributed by atoms with Crippen molar-refractivity contribution in [2.24, 2.45) is 0 Å². The first-order chi connectivity index (χ1) is 26.0. The van der Waals surface area contributed by atoms with Crippen molar-refractivity contribution in [2.45, 2.75) is 52.4 Å². The molecule has 0 saturated heterocycles. The van der Waals surface area contributed by atoms with Gasteiger partial charge in [-0.2, -0.15) is 0 Å². The molecule has 5 heteroatoms. The van der Waals surface area contributed by atoms with Crippen LogP contribution in [0.15, 0.2) is 152 Å². The monoisotopic (exact) mass is 704 g/mol. The van der Waals surface area contributed by atoms with Gasteiger partial charge in [0.15, 0.2) is 11.5 Å². The summed E-state index contributed by atoms with van der Waals surface area (Å²) in [6.45, 7) is 13.0. The molecule has 1 N–H and O–H groups in total. The molecule has 266 valence electrons. The van der Waals surface area contributed by atoms with E-state index in [-0.39, 0.29) is 16.6 Å². The minimum Gasteiger partial charge on any atom is -0.507 e. The second-order valence-corrected chi connectivity index (χ2v) is 16.0. The largest absolute Gasteiger partial charge is 0.507 e. The zero-order valence-electron chi connectivity index (χ0n) is 31.7. The third-order valence-electron chi connectivity index (χ3n) is 10.1. The lowest BCUT2D eigenvalue weighted by Gasteiger charge is -2.27. The van der Waals surface area contributed by atoms with E-state index in [1.807, 2.05) is 42.7 Å². The summed E-state index contributed by atoms with van der Waals surface area (Å²) in [6, 6.07) is 48.2. The van der Waals surface area contributed by atoms with Gasteiger partial charge >= 0.3 is 0 Å². The first-order valence-electron chi connectivity index (χ1n) is 18.5. The van der Waals surface area contributed by atoms with Crippen LogP contribution in [0.3, 0.4) is 0 Å². The number of fused-ring (bicyclic) bond motifs is 1. The maximum absolute atomic E-state index is 12.0. The van der Waals surface area contributed by atoms with E-state index < -0.39 is 0 Å². The number of rotatable bonds is 6. The van der Waals surface area contributed by atoms with E-state index in [1.54, 1.807) is 0 Å². The standard InChI is InChI=1S/C49H44N4O/c1-48(2,3)38-30-41(45(54)42(31-38)49(4,5)6)46-52-44-40(25-27-51-47(44)53(46)39-18-11-8-12-19-39)36-16-13-17-37(28-36)43-29-35(24-26-50-43)34-22-20-33(21-23-34)32-14-9-7-10-15-32/h7-31,54H,1-6H3. The molecule has 5 nitrogen and oxygen atoms in total. The number of imidazole rings is 1. The van der Waals surface area contributed by atoms with Gasteiger partial charge in [0, 0.05) is 34.8 Å². The maximum atomic E-state index is 12.0. The van der Waals surface area contributed by atoms with Gasteiger partial charge in [0.1, 0.15) is 11.3 Å². The number of benzene rings is 5. The second kappa shape index (κ2) is 13.6. The first kappa shape index (κ1) is 34.7. The molecule has 0 aliphatic carbocycles. The molecule has 0 fully saturated rings. The number of aromatic hydroxyl groups is 1. The van der Waals surface area contributed by atoms with Crippen molar-refractivity contribution in [1.29, 1.82) is 0 Å². The van der Waals surface area contributed by atoms with Gasteiger partial charge in [-0.1, -0.05) is 139 Å². The summed E-state index contributed by atoms with van der Waals surface area (Å²) < 4.78 is 2.07. The fourth-order valence-corrected chi connectivity index (χ4v) is 7.12. The zero-order valence-corrected chi connectivity index (χ0v) is 31.7. The summed E-state index contributed by atoms with van der Waals surface area (Å²) in [5.41, 5.74) is 13.2. The number of pyridine rings is 2. The first-order valence-corrected chi connectivity index (χ1v) is 18.5. The van der Waals surface area contributed by atoms with Gasteiger partial charge in [0.2, 0.25) is 0 Å². The molecule has 0 amide bonds. The molecule has 3 heterocycles. The van der Waals surface area contributed by atoms with Gasteiger partial charge < -0.3 is 5.11 Å². The maximum Gasteiger partial charge on any atom is 0.165 e. The van der Waals surface area contributed by atoms with Crippen molar-refractivity contribution in [3.8, 4) is 67.5 Å². The molecule has 0 radical (unpaired) electrons. The molecule has 0 spiro atoms. The van der Waals surface area contributed by atoms with Crippen molar-refractivity contribution < 1.29 is 5.11 Å². The highest BCUT2D eigenvalue weighted by Crippen LogP contribution is 2.44. The molecule has 3 aromatic heterocycles. The van der Waals surface area contributed by atoms with E-state index in [4.69, 9.17) is 15.0 Å². The van der Waals surface area contributed by atoms with Gasteiger partial charge in [0.05, 0.1) is 11.3 Å². The molecular weight excluding hydrogens is 661 g/mol. The summed E-state index contributed by atoms with van der Waals surface area (Å²) in [4.78, 5) is 15.1. The van der Waals surface area contributed by atoms with Gasteiger partial charge in [-0.25, -0.2) is 9.97 Å². The van der Waals surface area contributed by atoms with E-state index >= 15 is 0 Å². The summed E-state index contributed by atoms with van der Waals surface area (Å²) in [6.07, 6.45) is 3.73. The quantitative estimate of drug-likeness (QED) is 0.187. The second-order valence-electron chi connectivity index (χ2n) is 16.0. The minimum absolute atomic E-state index is 0.146. The van der Waals surface area contributed by atoms with Gasteiger partial charge in [-0.3, -0.25) is 9.55 Å². The number of phenols is 1. The van der Waals surface area contributed by atoms with Gasteiger partial charge in [-0.15, -0.1) is 0 Å². The third-order valence-corrected chi connectivity index (χ3v) is 10.1. The number of aromatic nitrogens is 4. The van der Waals surface area contributed by atoms with E-state index in [0.29, 0.717) is 11.4 Å². The van der Waals surface area contributed by atoms with Crippen LogP contribution in [0.25, 0.3) is 72.9 Å². The smallest absolute Gasteiger partial charge is 0.165 e. The van der Waals surface area contributed by atoms with Crippen LogP contribution < -0.4 is 0 Å². The molecule has 54 heavy (non-hydrogen) atoms. The Kier molecular flexibility index (Phi) is 8.74. The average molecular weight is 705 g/mol. The highest BCUT2D eigenvalue weighted by Gasteiger charge is 2.28. The molecule has 0 bridgehead atoms. The lowest BCUT2D eigenvalue weighted by atomic mass is 9.79. The van der Waals surface area contributed by atoms with E-state index in [2.05, 4.69) is 155 Å². The summed E-state index contributed by atoms with van der Waals surface area (Å²) >= 11 is 0. The predicted octanol–water partition coefficient (Wildman–Crippen LogP) is 12.5. The van der Waals surface area contributed by atoms with Crippen molar-refractivity contribution in [2.75, 3.05) is 0 Å². The number of para-hydroxylation sites is 1. The van der Waals surface area contributed by atoms with Gasteiger partial charge in [-0.05, 0) is 86.7 Å². The fourth-order valence-electron chi connectivity index (χ4n) is 7.12. The molecule has 5 aromatic carbocycles. The molecule has 0 unspecified atom stereocenters. The summed E-state index contributed by atoms with van der Waals surface area (Å²) in [5.74, 6) is 0.890. The highest BCUT2D eigenvalue weighted by atomic mass is 16.3. The predicted molar refractivity (Wildman–Crippen MR) is 223 cm³/mol. The van der Waals surface area contributed by atoms with E-state index in [1.165, 1.54) is 11.1 Å². The highest BCUT2D eigenvalue weighted by molar-refractivity contribution is 5.94. The van der Waals surface area contributed by atoms with Crippen LogP contribution in [-0.2, 0) is 10.8 Å². The van der Waals surface area contributed by atoms with Crippen molar-refractivity contribution in [1.82, 2.24) is 19.5 Å². The minimum atomic E-state index is -0.287. The Bertz CT molecular complexity index is 2610. The normalized spacial score (nSPS) is 12.0. The lowest BCUT2D eigenvalue weighted by Crippen LogP contribution is -2.17. The SMILES string of the molecule is CC(C)(C)c1cc(-c2nc3c(-c4cccc(-c5cc(-c6ccc(-c7ccccc7)cc6)ccn5)c4)ccnc3n2-c2ccccc2)c(O)c(C(C)(C)C)c1. The van der Waals surface area contributed by atoms with Crippen LogP contribution in [0.4, 0.5) is 0 Å². The lowest BCUT2D eigenvalue weighted by molar-refractivity contribution is 0.446. The molecule has 0 atom stereocenters. The molecule has 8 rings (SSSR count). The number of phenolic OH excluding ortho intramolecular Hbond substituents is 1. The fraction of sp³-hybridized carbons (Fsp3) is 0.163. The van der Waals surface area contributed by atoms with Crippen LogP contribution in [0.2, 0.25) is 0 Å². The Balaban J connectivity index is 1.25. The van der Waals surface area contributed by atoms with Crippen LogP contribution in [0.5, 0.6) is 5.75 Å². The summed E-state index contributed by atoms with van der Waals surface area (Å²) in [7, 11) is 0. The Labute approximate surface area is 317 Å². The van der Waals surface area contributed by atoms with Crippen LogP contribution in [0.1, 0.15) is 52.7 Å². The molecule has 0 saturated carbocycles.